The molecule has 0 saturated carbocycles. The average Bonchev–Trinajstić information content (AvgIpc) is 2.14. The van der Waals surface area contributed by atoms with Crippen LogP contribution in [0.1, 0.15) is 13.8 Å². The number of halogens is 3. The van der Waals surface area contributed by atoms with Crippen LogP contribution in [0.4, 0.5) is 13.2 Å². The zero-order valence-corrected chi connectivity index (χ0v) is 10.3. The third-order valence-electron chi connectivity index (χ3n) is 1.97. The molecule has 0 aliphatic rings. The number of alkyl halides is 3. The van der Waals surface area contributed by atoms with E-state index in [0.717, 1.165) is 4.90 Å². The molecule has 0 spiro atoms. The molecule has 1 N–H and O–H groups in total. The molecule has 0 amide bonds. The van der Waals surface area contributed by atoms with Gasteiger partial charge in [-0.05, 0) is 20.5 Å². The second kappa shape index (κ2) is 7.50. The summed E-state index contributed by atoms with van der Waals surface area (Å²) in [5.41, 5.74) is 0. The van der Waals surface area contributed by atoms with Gasteiger partial charge in [0.15, 0.2) is 0 Å². The van der Waals surface area contributed by atoms with Gasteiger partial charge in [0.05, 0.1) is 13.2 Å². The second-order valence-electron chi connectivity index (χ2n) is 3.67. The van der Waals surface area contributed by atoms with Crippen LogP contribution >= 0.6 is 0 Å². The summed E-state index contributed by atoms with van der Waals surface area (Å²) in [7, 11) is 1.32. The van der Waals surface area contributed by atoms with E-state index in [1.165, 1.54) is 7.05 Å². The summed E-state index contributed by atoms with van der Waals surface area (Å²) < 4.78 is 41.1. The van der Waals surface area contributed by atoms with Gasteiger partial charge in [0, 0.05) is 6.54 Å². The molecule has 0 fully saturated rings. The van der Waals surface area contributed by atoms with Gasteiger partial charge in [-0.1, -0.05) is 6.92 Å². The highest BCUT2D eigenvalue weighted by molar-refractivity contribution is 5.76. The van der Waals surface area contributed by atoms with Gasteiger partial charge in [-0.2, -0.15) is 13.2 Å². The Morgan fingerprint density at radius 3 is 2.41 bits per heavy atom. The van der Waals surface area contributed by atoms with Crippen LogP contribution in [0.25, 0.3) is 0 Å². The zero-order valence-electron chi connectivity index (χ0n) is 10.3. The fourth-order valence-corrected chi connectivity index (χ4v) is 1.39. The molecule has 1 unspecified atom stereocenters. The van der Waals surface area contributed by atoms with Crippen LogP contribution in [0, 0.1) is 0 Å². The number of esters is 1. The molecule has 0 rings (SSSR count). The molecule has 0 aromatic carbocycles. The number of ether oxygens (including phenoxy) is 1. The van der Waals surface area contributed by atoms with Crippen molar-refractivity contribution in [1.82, 2.24) is 10.2 Å². The number of rotatable bonds is 7. The number of hydrogen-bond acceptors (Lipinski definition) is 4. The van der Waals surface area contributed by atoms with Crippen LogP contribution in [-0.4, -0.2) is 56.4 Å². The molecular weight excluding hydrogens is 237 g/mol. The fourth-order valence-electron chi connectivity index (χ4n) is 1.39. The molecule has 0 aliphatic carbocycles. The minimum absolute atomic E-state index is 0.0355. The lowest BCUT2D eigenvalue weighted by molar-refractivity contribution is -0.152. The largest absolute Gasteiger partial charge is 0.465 e. The highest BCUT2D eigenvalue weighted by atomic mass is 19.4. The first kappa shape index (κ1) is 16.2. The standard InChI is InChI=1S/C10H19F3N2O2/c1-4-14-8(9(16)17-5-2)6-15(3)7-10(11,12)13/h8,14H,4-7H2,1-3H3. The Labute approximate surface area is 99.1 Å². The third kappa shape index (κ3) is 7.98. The van der Waals surface area contributed by atoms with E-state index in [1.54, 1.807) is 13.8 Å². The van der Waals surface area contributed by atoms with Crippen LogP contribution < -0.4 is 5.32 Å². The predicted octanol–water partition coefficient (Wildman–Crippen LogP) is 1.02. The number of likely N-dealkylation sites (N-methyl/N-ethyl adjacent to an activating group) is 2. The molecule has 0 aliphatic heterocycles. The molecule has 4 nitrogen and oxygen atoms in total. The van der Waals surface area contributed by atoms with Crippen LogP contribution in [0.5, 0.6) is 0 Å². The number of nitrogens with one attached hydrogen (secondary N) is 1. The van der Waals surface area contributed by atoms with E-state index >= 15 is 0 Å². The van der Waals surface area contributed by atoms with Gasteiger partial charge in [-0.25, -0.2) is 0 Å². The van der Waals surface area contributed by atoms with E-state index in [0.29, 0.717) is 6.54 Å². The third-order valence-corrected chi connectivity index (χ3v) is 1.97. The molecule has 0 saturated heterocycles. The Bertz CT molecular complexity index is 234. The number of hydrogen-bond donors (Lipinski definition) is 1. The summed E-state index contributed by atoms with van der Waals surface area (Å²) in [6.07, 6.45) is -4.26. The summed E-state index contributed by atoms with van der Waals surface area (Å²) in [4.78, 5) is 12.5. The Kier molecular flexibility index (Phi) is 7.13. The summed E-state index contributed by atoms with van der Waals surface area (Å²) in [6.45, 7) is 3.05. The molecular formula is C10H19F3N2O2. The molecule has 0 aromatic heterocycles. The van der Waals surface area contributed by atoms with Gasteiger partial charge in [0.1, 0.15) is 6.04 Å². The first-order chi connectivity index (χ1) is 7.80. The van der Waals surface area contributed by atoms with E-state index in [9.17, 15) is 18.0 Å². The Balaban J connectivity index is 4.28. The van der Waals surface area contributed by atoms with Gasteiger partial charge >= 0.3 is 12.1 Å². The van der Waals surface area contributed by atoms with E-state index in [-0.39, 0.29) is 13.2 Å². The lowest BCUT2D eigenvalue weighted by Crippen LogP contribution is -2.47. The maximum atomic E-state index is 12.1. The highest BCUT2D eigenvalue weighted by Gasteiger charge is 2.31. The van der Waals surface area contributed by atoms with E-state index in [2.05, 4.69) is 5.32 Å². The smallest absolute Gasteiger partial charge is 0.401 e. The van der Waals surface area contributed by atoms with Crippen LogP contribution in [0.15, 0.2) is 0 Å². The maximum Gasteiger partial charge on any atom is 0.401 e. The maximum absolute atomic E-state index is 12.1. The lowest BCUT2D eigenvalue weighted by Gasteiger charge is -2.24. The minimum Gasteiger partial charge on any atom is -0.465 e. The SMILES string of the molecule is CCNC(CN(C)CC(F)(F)F)C(=O)OCC. The Morgan fingerprint density at radius 1 is 1.41 bits per heavy atom. The molecule has 0 aromatic rings. The Hall–Kier alpha value is -0.820. The summed E-state index contributed by atoms with van der Waals surface area (Å²) in [5, 5.41) is 2.80. The molecule has 0 bridgehead atoms. The van der Waals surface area contributed by atoms with Crippen molar-refractivity contribution in [1.29, 1.82) is 0 Å². The highest BCUT2D eigenvalue weighted by Crippen LogP contribution is 2.15. The molecule has 1 atom stereocenters. The number of carbonyl (C=O) groups is 1. The van der Waals surface area contributed by atoms with Crippen LogP contribution in [-0.2, 0) is 9.53 Å². The van der Waals surface area contributed by atoms with E-state index in [4.69, 9.17) is 4.74 Å². The van der Waals surface area contributed by atoms with Gasteiger partial charge in [-0.15, -0.1) is 0 Å². The molecule has 17 heavy (non-hydrogen) atoms. The van der Waals surface area contributed by atoms with Gasteiger partial charge in [-0.3, -0.25) is 9.69 Å². The van der Waals surface area contributed by atoms with Crippen molar-refractivity contribution in [2.45, 2.75) is 26.1 Å². The molecule has 7 heteroatoms. The molecule has 0 heterocycles. The van der Waals surface area contributed by atoms with E-state index in [1.807, 2.05) is 0 Å². The van der Waals surface area contributed by atoms with E-state index < -0.39 is 24.7 Å². The van der Waals surface area contributed by atoms with Crippen molar-refractivity contribution in [3.8, 4) is 0 Å². The fraction of sp³-hybridized carbons (Fsp3) is 0.900. The number of nitrogens with zero attached hydrogens (tertiary/aromatic N) is 1. The number of carbonyl (C=O) groups excluding carboxylic acids is 1. The van der Waals surface area contributed by atoms with Crippen molar-refractivity contribution >= 4 is 5.97 Å². The summed E-state index contributed by atoms with van der Waals surface area (Å²) in [5.74, 6) is -0.525. The minimum atomic E-state index is -4.26. The Morgan fingerprint density at radius 2 is 2.00 bits per heavy atom. The summed E-state index contributed by atoms with van der Waals surface area (Å²) >= 11 is 0. The predicted molar refractivity (Wildman–Crippen MR) is 57.6 cm³/mol. The van der Waals surface area contributed by atoms with Crippen molar-refractivity contribution < 1.29 is 22.7 Å². The summed E-state index contributed by atoms with van der Waals surface area (Å²) in [6, 6.07) is -0.729. The normalized spacial score (nSPS) is 13.8. The van der Waals surface area contributed by atoms with Crippen molar-refractivity contribution in [2.75, 3.05) is 33.3 Å². The van der Waals surface area contributed by atoms with Gasteiger partial charge in [0.2, 0.25) is 0 Å². The average molecular weight is 256 g/mol. The van der Waals surface area contributed by atoms with Crippen molar-refractivity contribution in [2.24, 2.45) is 0 Å². The quantitative estimate of drug-likeness (QED) is 0.691. The first-order valence-corrected chi connectivity index (χ1v) is 5.45. The van der Waals surface area contributed by atoms with Crippen LogP contribution in [0.2, 0.25) is 0 Å². The zero-order chi connectivity index (χ0) is 13.5. The monoisotopic (exact) mass is 256 g/mol. The molecule has 0 radical (unpaired) electrons. The van der Waals surface area contributed by atoms with Crippen LogP contribution in [0.3, 0.4) is 0 Å². The second-order valence-corrected chi connectivity index (χ2v) is 3.67. The van der Waals surface area contributed by atoms with Crippen molar-refractivity contribution in [3.63, 3.8) is 0 Å². The molecule has 102 valence electrons. The van der Waals surface area contributed by atoms with Crippen molar-refractivity contribution in [3.05, 3.63) is 0 Å². The lowest BCUT2D eigenvalue weighted by atomic mass is 10.2. The topological polar surface area (TPSA) is 41.6 Å². The van der Waals surface area contributed by atoms with Gasteiger partial charge in [0.25, 0.3) is 0 Å². The van der Waals surface area contributed by atoms with Gasteiger partial charge < -0.3 is 10.1 Å². The first-order valence-electron chi connectivity index (χ1n) is 5.45.